The first kappa shape index (κ1) is 26.6. The molecule has 1 aliphatic heterocycles. The molecule has 1 aliphatic rings. The highest BCUT2D eigenvalue weighted by molar-refractivity contribution is 6.30. The number of hydrogen-bond acceptors (Lipinski definition) is 6. The second-order valence-corrected chi connectivity index (χ2v) is 10.1. The molecule has 0 bridgehead atoms. The number of alkyl halides is 1. The van der Waals surface area contributed by atoms with Crippen molar-refractivity contribution in [3.63, 3.8) is 0 Å². The highest BCUT2D eigenvalue weighted by Crippen LogP contribution is 2.31. The summed E-state index contributed by atoms with van der Waals surface area (Å²) in [5.74, 6) is -0.790. The van der Waals surface area contributed by atoms with E-state index in [2.05, 4.69) is 20.6 Å². The molecular weight excluding hydrogens is 523 g/mol. The third kappa shape index (κ3) is 6.02. The van der Waals surface area contributed by atoms with E-state index in [4.69, 9.17) is 11.6 Å². The molecule has 2 amide bonds. The molecule has 3 N–H and O–H groups in total. The second kappa shape index (κ2) is 11.4. The summed E-state index contributed by atoms with van der Waals surface area (Å²) in [7, 11) is 0. The van der Waals surface area contributed by atoms with Crippen molar-refractivity contribution >= 4 is 45.7 Å². The lowest BCUT2D eigenvalue weighted by Gasteiger charge is -2.24. The van der Waals surface area contributed by atoms with Crippen LogP contribution in [0.3, 0.4) is 0 Å². The quantitative estimate of drug-likeness (QED) is 0.304. The molecule has 1 saturated heterocycles. The molecule has 39 heavy (non-hydrogen) atoms. The average molecular weight is 551 g/mol. The third-order valence-corrected chi connectivity index (χ3v) is 6.98. The number of nitrogens with zero attached hydrogens (tertiary/aromatic N) is 4. The van der Waals surface area contributed by atoms with Crippen LogP contribution in [0.5, 0.6) is 0 Å². The van der Waals surface area contributed by atoms with Gasteiger partial charge in [-0.1, -0.05) is 23.7 Å². The maximum absolute atomic E-state index is 14.4. The number of hydrogen-bond donors (Lipinski definition) is 3. The Hall–Kier alpha value is -4.02. The molecule has 202 valence electrons. The van der Waals surface area contributed by atoms with Gasteiger partial charge in [0.15, 0.2) is 0 Å². The minimum atomic E-state index is -1.29. The van der Waals surface area contributed by atoms with Crippen LogP contribution in [0.2, 0.25) is 5.02 Å². The number of amides is 2. The molecule has 0 saturated carbocycles. The largest absolute Gasteiger partial charge is 0.389 e. The van der Waals surface area contributed by atoms with Crippen LogP contribution in [0.15, 0.2) is 67.4 Å². The monoisotopic (exact) mass is 550 g/mol. The number of benzene rings is 2. The molecule has 5 rings (SSSR count). The number of aromatic nitrogens is 3. The van der Waals surface area contributed by atoms with Gasteiger partial charge in [-0.25, -0.2) is 14.4 Å². The molecule has 2 aromatic heterocycles. The van der Waals surface area contributed by atoms with Gasteiger partial charge < -0.3 is 25.2 Å². The number of anilines is 2. The number of aliphatic hydroxyl groups excluding tert-OH is 1. The van der Waals surface area contributed by atoms with Crippen LogP contribution in [-0.4, -0.2) is 55.1 Å². The van der Waals surface area contributed by atoms with E-state index < -0.39 is 24.2 Å². The minimum absolute atomic E-state index is 0.0588. The fraction of sp³-hybridized carbons (Fsp3) is 0.286. The van der Waals surface area contributed by atoms with Crippen LogP contribution in [0, 0.1) is 0 Å². The summed E-state index contributed by atoms with van der Waals surface area (Å²) in [6.07, 6.45) is 4.32. The normalized spacial score (nSPS) is 17.8. The molecule has 3 heterocycles. The van der Waals surface area contributed by atoms with Crippen LogP contribution in [0.25, 0.3) is 10.9 Å². The van der Waals surface area contributed by atoms with Gasteiger partial charge in [-0.2, -0.15) is 0 Å². The number of carbonyl (C=O) groups excluding carboxylic acids is 2. The smallest absolute Gasteiger partial charge is 0.243 e. The van der Waals surface area contributed by atoms with Crippen molar-refractivity contribution in [2.24, 2.45) is 0 Å². The van der Waals surface area contributed by atoms with Crippen LogP contribution in [0.4, 0.5) is 15.8 Å². The molecule has 11 heteroatoms. The van der Waals surface area contributed by atoms with E-state index in [0.717, 1.165) is 22.2 Å². The number of nitrogens with one attached hydrogen (secondary N) is 2. The van der Waals surface area contributed by atoms with Crippen molar-refractivity contribution in [2.45, 2.75) is 44.8 Å². The third-order valence-electron chi connectivity index (χ3n) is 6.75. The summed E-state index contributed by atoms with van der Waals surface area (Å²) in [5.41, 5.74) is 3.65. The Morgan fingerprint density at radius 3 is 2.72 bits per heavy atom. The number of fused-ring (bicyclic) bond motifs is 1. The molecular formula is C28H28ClFN6O3. The fourth-order valence-corrected chi connectivity index (χ4v) is 5.11. The van der Waals surface area contributed by atoms with E-state index in [-0.39, 0.29) is 32.0 Å². The van der Waals surface area contributed by atoms with E-state index in [1.54, 1.807) is 48.3 Å². The molecule has 2 aromatic carbocycles. The predicted octanol–water partition coefficient (Wildman–Crippen LogP) is 4.14. The summed E-state index contributed by atoms with van der Waals surface area (Å²) in [6.45, 7) is 1.62. The predicted molar refractivity (Wildman–Crippen MR) is 146 cm³/mol. The van der Waals surface area contributed by atoms with Crippen molar-refractivity contribution in [3.8, 4) is 0 Å². The summed E-state index contributed by atoms with van der Waals surface area (Å²) >= 11 is 6.01. The summed E-state index contributed by atoms with van der Waals surface area (Å²) in [4.78, 5) is 35.6. The molecule has 0 aliphatic carbocycles. The first-order valence-electron chi connectivity index (χ1n) is 12.6. The highest BCUT2D eigenvalue weighted by atomic mass is 35.5. The molecule has 9 nitrogen and oxygen atoms in total. The van der Waals surface area contributed by atoms with Crippen LogP contribution in [0.1, 0.15) is 30.6 Å². The lowest BCUT2D eigenvalue weighted by molar-refractivity contribution is -0.139. The van der Waals surface area contributed by atoms with Gasteiger partial charge in [0.2, 0.25) is 11.8 Å². The van der Waals surface area contributed by atoms with Gasteiger partial charge in [-0.3, -0.25) is 9.59 Å². The lowest BCUT2D eigenvalue weighted by Crippen LogP contribution is -2.46. The standard InChI is InChI=1S/C28H28ClFN6O3/c1-17(37)24-14-35(25-6-5-21(9-23(24)25)34-22-11-31-16-32-12-22)15-27(38)36-13-20(30)8-26(36)28(39)33-10-18-3-2-4-19(29)7-18/h2-7,9,11-12,14,16-17,20,26,34,37H,8,10,13,15H2,1H3,(H,33,39)/t17?,20-,26+/m1/s1. The van der Waals surface area contributed by atoms with Crippen molar-refractivity contribution in [1.82, 2.24) is 24.8 Å². The van der Waals surface area contributed by atoms with E-state index in [1.165, 1.54) is 11.2 Å². The number of carbonyl (C=O) groups is 2. The van der Waals surface area contributed by atoms with Gasteiger partial charge in [-0.15, -0.1) is 0 Å². The first-order valence-corrected chi connectivity index (χ1v) is 12.9. The zero-order valence-corrected chi connectivity index (χ0v) is 22.0. The summed E-state index contributed by atoms with van der Waals surface area (Å²) in [5, 5.41) is 17.8. The molecule has 4 aromatic rings. The molecule has 0 spiro atoms. The highest BCUT2D eigenvalue weighted by Gasteiger charge is 2.39. The Kier molecular flexibility index (Phi) is 7.76. The number of aliphatic hydroxyl groups is 1. The average Bonchev–Trinajstić information content (AvgIpc) is 3.48. The zero-order chi connectivity index (χ0) is 27.5. The van der Waals surface area contributed by atoms with Crippen molar-refractivity contribution < 1.29 is 19.1 Å². The molecule has 3 atom stereocenters. The van der Waals surface area contributed by atoms with Crippen molar-refractivity contribution in [1.29, 1.82) is 0 Å². The Balaban J connectivity index is 1.33. The van der Waals surface area contributed by atoms with Crippen LogP contribution >= 0.6 is 11.6 Å². The topological polar surface area (TPSA) is 112 Å². The van der Waals surface area contributed by atoms with Gasteiger partial charge >= 0.3 is 0 Å². The number of rotatable bonds is 8. The van der Waals surface area contributed by atoms with Crippen LogP contribution < -0.4 is 10.6 Å². The summed E-state index contributed by atoms with van der Waals surface area (Å²) in [6, 6.07) is 11.8. The SMILES string of the molecule is CC(O)c1cn(CC(=O)N2C[C@H](F)C[C@H]2C(=O)NCc2cccc(Cl)c2)c2ccc(Nc3cncnc3)cc12. The Morgan fingerprint density at radius 2 is 1.97 bits per heavy atom. The van der Waals surface area contributed by atoms with E-state index >= 15 is 0 Å². The van der Waals surface area contributed by atoms with E-state index in [1.807, 2.05) is 24.3 Å². The van der Waals surface area contributed by atoms with Crippen LogP contribution in [-0.2, 0) is 22.7 Å². The van der Waals surface area contributed by atoms with Crippen molar-refractivity contribution in [2.75, 3.05) is 11.9 Å². The molecule has 1 unspecified atom stereocenters. The molecule has 1 fully saturated rings. The number of likely N-dealkylation sites (tertiary alicyclic amines) is 1. The van der Waals surface area contributed by atoms with E-state index in [0.29, 0.717) is 16.3 Å². The maximum atomic E-state index is 14.4. The lowest BCUT2D eigenvalue weighted by atomic mass is 10.1. The van der Waals surface area contributed by atoms with Crippen molar-refractivity contribution in [3.05, 3.63) is 83.5 Å². The van der Waals surface area contributed by atoms with Gasteiger partial charge in [0, 0.05) is 46.3 Å². The first-order chi connectivity index (χ1) is 18.8. The molecule has 0 radical (unpaired) electrons. The Labute approximate surface area is 229 Å². The Morgan fingerprint density at radius 1 is 1.18 bits per heavy atom. The maximum Gasteiger partial charge on any atom is 0.243 e. The van der Waals surface area contributed by atoms with Gasteiger partial charge in [0.05, 0.1) is 30.7 Å². The van der Waals surface area contributed by atoms with Gasteiger partial charge in [-0.05, 0) is 42.8 Å². The second-order valence-electron chi connectivity index (χ2n) is 9.62. The van der Waals surface area contributed by atoms with Gasteiger partial charge in [0.25, 0.3) is 0 Å². The fourth-order valence-electron chi connectivity index (χ4n) is 4.90. The minimum Gasteiger partial charge on any atom is -0.389 e. The van der Waals surface area contributed by atoms with Gasteiger partial charge in [0.1, 0.15) is 25.1 Å². The number of halogens is 2. The Bertz CT molecular complexity index is 1500. The van der Waals surface area contributed by atoms with E-state index in [9.17, 15) is 19.1 Å². The zero-order valence-electron chi connectivity index (χ0n) is 21.2. The summed E-state index contributed by atoms with van der Waals surface area (Å²) < 4.78 is 16.2.